The van der Waals surface area contributed by atoms with Crippen LogP contribution in [0.25, 0.3) is 133 Å². The second-order valence-corrected chi connectivity index (χ2v) is 17.0. The number of benzene rings is 9. The highest BCUT2D eigenvalue weighted by molar-refractivity contribution is 6.22. The van der Waals surface area contributed by atoms with E-state index in [2.05, 4.69) is 224 Å². The average molecular weight is 843 g/mol. The van der Waals surface area contributed by atoms with Crippen LogP contribution in [0.5, 0.6) is 0 Å². The zero-order chi connectivity index (χ0) is 43.0. The van der Waals surface area contributed by atoms with Crippen molar-refractivity contribution in [2.24, 2.45) is 0 Å². The summed E-state index contributed by atoms with van der Waals surface area (Å²) in [4.78, 5) is 22.0. The summed E-state index contributed by atoms with van der Waals surface area (Å²) in [5, 5.41) is 11.6. The van der Waals surface area contributed by atoms with Crippen molar-refractivity contribution in [1.82, 2.24) is 37.9 Å². The largest absolute Gasteiger partial charge is 0.278 e. The molecule has 306 valence electrons. The molecule has 8 nitrogen and oxygen atoms in total. The highest BCUT2D eigenvalue weighted by Crippen LogP contribution is 2.40. The summed E-state index contributed by atoms with van der Waals surface area (Å²) >= 11 is 0. The number of aromatic nitrogens is 8. The summed E-state index contributed by atoms with van der Waals surface area (Å²) in [6.07, 6.45) is 0. The maximum absolute atomic E-state index is 5.68. The number of fused-ring (bicyclic) bond motifs is 18. The van der Waals surface area contributed by atoms with Gasteiger partial charge in [-0.2, -0.15) is 15.0 Å². The van der Waals surface area contributed by atoms with Crippen LogP contribution in [0.1, 0.15) is 0 Å². The monoisotopic (exact) mass is 842 g/mol. The lowest BCUT2D eigenvalue weighted by Crippen LogP contribution is -2.10. The molecule has 66 heavy (non-hydrogen) atoms. The predicted molar refractivity (Wildman–Crippen MR) is 270 cm³/mol. The summed E-state index contributed by atoms with van der Waals surface area (Å²) in [7, 11) is 0. The molecule has 6 aromatic heterocycles. The van der Waals surface area contributed by atoms with Crippen LogP contribution in [0.3, 0.4) is 0 Å². The molecule has 8 heteroatoms. The predicted octanol–water partition coefficient (Wildman–Crippen LogP) is 14.0. The van der Waals surface area contributed by atoms with Crippen LogP contribution < -0.4 is 0 Å². The number of hydrogen-bond donors (Lipinski definition) is 0. The number of imidazole rings is 2. The molecule has 0 aliphatic rings. The van der Waals surface area contributed by atoms with Gasteiger partial charge >= 0.3 is 0 Å². The Bertz CT molecular complexity index is 4370. The minimum Gasteiger partial charge on any atom is -0.278 e. The molecular formula is C58H34N8. The minimum atomic E-state index is 0.527. The molecule has 0 spiro atoms. The Kier molecular flexibility index (Phi) is 7.07. The van der Waals surface area contributed by atoms with Crippen molar-refractivity contribution in [2.45, 2.75) is 0 Å². The molecule has 0 saturated carbocycles. The van der Waals surface area contributed by atoms with Crippen LogP contribution in [0.15, 0.2) is 206 Å². The Balaban J connectivity index is 1.10. The van der Waals surface area contributed by atoms with Crippen LogP contribution >= 0.6 is 0 Å². The Morgan fingerprint density at radius 1 is 0.258 bits per heavy atom. The molecular weight excluding hydrogens is 809 g/mol. The lowest BCUT2D eigenvalue weighted by atomic mass is 10.0. The van der Waals surface area contributed by atoms with Crippen LogP contribution in [0.4, 0.5) is 0 Å². The second kappa shape index (κ2) is 13.2. The lowest BCUT2D eigenvalue weighted by Gasteiger charge is -2.12. The molecule has 0 aliphatic carbocycles. The molecule has 0 atom stereocenters. The molecule has 0 radical (unpaired) electrons. The van der Waals surface area contributed by atoms with E-state index in [0.717, 1.165) is 93.3 Å². The SMILES string of the molecule is c1ccc2c(c1)c1ccccc1c1cccc3c1n(c1ccccc21)c1nc2c(-c4nc(-n5c6ccccc6c6ccccc65)nc(-n5c6ccccc6c6ccccc65)n4)cccc2n31. The molecule has 0 N–H and O–H groups in total. The van der Waals surface area contributed by atoms with Crippen LogP contribution in [0.2, 0.25) is 0 Å². The van der Waals surface area contributed by atoms with Gasteiger partial charge in [-0.1, -0.05) is 158 Å². The van der Waals surface area contributed by atoms with Crippen molar-refractivity contribution in [3.63, 3.8) is 0 Å². The highest BCUT2D eigenvalue weighted by Gasteiger charge is 2.24. The fraction of sp³-hybridized carbons (Fsp3) is 0. The smallest absolute Gasteiger partial charge is 0.240 e. The molecule has 0 unspecified atom stereocenters. The van der Waals surface area contributed by atoms with Crippen molar-refractivity contribution < 1.29 is 0 Å². The normalized spacial score (nSPS) is 12.2. The van der Waals surface area contributed by atoms with Crippen molar-refractivity contribution in [3.8, 4) is 23.3 Å². The van der Waals surface area contributed by atoms with Crippen LogP contribution in [0, 0.1) is 0 Å². The van der Waals surface area contributed by atoms with E-state index in [-0.39, 0.29) is 0 Å². The van der Waals surface area contributed by atoms with E-state index in [9.17, 15) is 0 Å². The zero-order valence-corrected chi connectivity index (χ0v) is 35.2. The number of nitrogens with zero attached hydrogens (tertiary/aromatic N) is 8. The number of hydrogen-bond acceptors (Lipinski definition) is 4. The fourth-order valence-corrected chi connectivity index (χ4v) is 10.9. The van der Waals surface area contributed by atoms with Gasteiger partial charge < -0.3 is 0 Å². The lowest BCUT2D eigenvalue weighted by molar-refractivity contribution is 0.893. The first kappa shape index (κ1) is 35.3. The van der Waals surface area contributed by atoms with Gasteiger partial charge in [-0.3, -0.25) is 17.9 Å². The van der Waals surface area contributed by atoms with Crippen molar-refractivity contribution in [1.29, 1.82) is 0 Å². The van der Waals surface area contributed by atoms with E-state index in [1.54, 1.807) is 0 Å². The average Bonchev–Trinajstić information content (AvgIpc) is 4.12. The minimum absolute atomic E-state index is 0.527. The van der Waals surface area contributed by atoms with E-state index in [1.807, 2.05) is 0 Å². The molecule has 0 aliphatic heterocycles. The summed E-state index contributed by atoms with van der Waals surface area (Å²) in [5.74, 6) is 2.39. The molecule has 0 saturated heterocycles. The Morgan fingerprint density at radius 2 is 0.621 bits per heavy atom. The van der Waals surface area contributed by atoms with Gasteiger partial charge in [0.2, 0.25) is 17.7 Å². The highest BCUT2D eigenvalue weighted by atomic mass is 15.3. The second-order valence-electron chi connectivity index (χ2n) is 17.0. The van der Waals surface area contributed by atoms with Gasteiger partial charge in [-0.25, -0.2) is 4.98 Å². The molecule has 6 heterocycles. The van der Waals surface area contributed by atoms with Crippen molar-refractivity contribution in [3.05, 3.63) is 206 Å². The van der Waals surface area contributed by atoms with E-state index in [4.69, 9.17) is 19.9 Å². The first-order valence-electron chi connectivity index (χ1n) is 22.3. The first-order valence-corrected chi connectivity index (χ1v) is 22.3. The van der Waals surface area contributed by atoms with E-state index in [0.29, 0.717) is 17.7 Å². The Labute approximate surface area is 375 Å². The summed E-state index contributed by atoms with van der Waals surface area (Å²) in [6.45, 7) is 0. The topological polar surface area (TPSA) is 70.2 Å². The van der Waals surface area contributed by atoms with Crippen molar-refractivity contribution in [2.75, 3.05) is 0 Å². The fourth-order valence-electron chi connectivity index (χ4n) is 10.9. The van der Waals surface area contributed by atoms with Gasteiger partial charge in [0.1, 0.15) is 5.52 Å². The third-order valence-corrected chi connectivity index (χ3v) is 13.6. The Hall–Kier alpha value is -9.14. The van der Waals surface area contributed by atoms with Crippen LogP contribution in [-0.4, -0.2) is 37.9 Å². The molecule has 15 rings (SSSR count). The molecule has 9 aromatic carbocycles. The molecule has 0 amide bonds. The number of para-hydroxylation sites is 7. The van der Waals surface area contributed by atoms with E-state index in [1.165, 1.54) is 21.5 Å². The quantitative estimate of drug-likeness (QED) is 0.178. The molecule has 0 fully saturated rings. The van der Waals surface area contributed by atoms with Gasteiger partial charge in [0.05, 0.1) is 44.1 Å². The van der Waals surface area contributed by atoms with Gasteiger partial charge in [0.15, 0.2) is 5.82 Å². The van der Waals surface area contributed by atoms with Crippen molar-refractivity contribution >= 4 is 109 Å². The summed E-state index contributed by atoms with van der Waals surface area (Å²) in [6, 6.07) is 73.2. The Morgan fingerprint density at radius 3 is 1.14 bits per heavy atom. The zero-order valence-electron chi connectivity index (χ0n) is 35.2. The number of rotatable bonds is 3. The summed E-state index contributed by atoms with van der Waals surface area (Å²) < 4.78 is 9.03. The van der Waals surface area contributed by atoms with Crippen LogP contribution in [-0.2, 0) is 0 Å². The van der Waals surface area contributed by atoms with Gasteiger partial charge in [0.25, 0.3) is 0 Å². The standard InChI is InChI=1S/C58H34N8/c1-3-19-37-35(17-1)36-18-2-4-20-38(36)44-26-15-34-52-54(44)66(50-32-14-5-21-39(37)50)58-59-53-45(27-16-33-51(53)65(52)58)55-60-56(63-46-28-10-6-22-40(46)41-23-7-11-29-47(41)63)62-57(61-55)64-48-30-12-8-24-42(48)43-25-9-13-31-49(43)64/h1-34H. The maximum atomic E-state index is 5.68. The third-order valence-electron chi connectivity index (χ3n) is 13.6. The van der Waals surface area contributed by atoms with Gasteiger partial charge in [-0.05, 0) is 70.1 Å². The van der Waals surface area contributed by atoms with E-state index >= 15 is 0 Å². The van der Waals surface area contributed by atoms with Gasteiger partial charge in [-0.15, -0.1) is 0 Å². The molecule has 15 aromatic rings. The maximum Gasteiger partial charge on any atom is 0.240 e. The first-order chi connectivity index (χ1) is 32.8. The summed E-state index contributed by atoms with van der Waals surface area (Å²) in [5.41, 5.74) is 9.87. The van der Waals surface area contributed by atoms with E-state index < -0.39 is 0 Å². The molecule has 0 bridgehead atoms. The van der Waals surface area contributed by atoms with Gasteiger partial charge in [0, 0.05) is 37.9 Å². The third kappa shape index (κ3) is 4.71.